The van der Waals surface area contributed by atoms with E-state index in [-0.39, 0.29) is 11.4 Å². The third-order valence-electron chi connectivity index (χ3n) is 3.11. The van der Waals surface area contributed by atoms with Gasteiger partial charge in [-0.05, 0) is 17.7 Å². The van der Waals surface area contributed by atoms with E-state index in [9.17, 15) is 9.90 Å². The van der Waals surface area contributed by atoms with Gasteiger partial charge in [-0.3, -0.25) is 9.36 Å². The Labute approximate surface area is 114 Å². The average Bonchev–Trinajstić information content (AvgIpc) is 2.76. The molecule has 3 aromatic rings. The molecule has 1 unspecified atom stereocenters. The molecule has 0 aliphatic heterocycles. The molecule has 0 aliphatic carbocycles. The maximum Gasteiger partial charge on any atom is 0.308 e. The lowest BCUT2D eigenvalue weighted by Gasteiger charge is -2.11. The molecule has 96 valence electrons. The van der Waals surface area contributed by atoms with Crippen molar-refractivity contribution in [2.24, 2.45) is 0 Å². The molecule has 3 nitrogen and oxygen atoms in total. The first kappa shape index (κ1) is 12.1. The molecule has 0 saturated heterocycles. The lowest BCUT2D eigenvalue weighted by Crippen LogP contribution is -2.17. The van der Waals surface area contributed by atoms with Crippen LogP contribution in [0.15, 0.2) is 59.4 Å². The van der Waals surface area contributed by atoms with E-state index in [0.29, 0.717) is 0 Å². The summed E-state index contributed by atoms with van der Waals surface area (Å²) in [4.78, 5) is 11.9. The van der Waals surface area contributed by atoms with E-state index >= 15 is 0 Å². The van der Waals surface area contributed by atoms with Crippen LogP contribution in [0.5, 0.6) is 0 Å². The molecule has 0 radical (unpaired) electrons. The number of aromatic nitrogens is 1. The fourth-order valence-corrected chi connectivity index (χ4v) is 3.04. The van der Waals surface area contributed by atoms with Crippen LogP contribution in [0.1, 0.15) is 11.7 Å². The van der Waals surface area contributed by atoms with E-state index in [0.717, 1.165) is 15.8 Å². The van der Waals surface area contributed by atoms with Gasteiger partial charge in [-0.1, -0.05) is 53.8 Å². The lowest BCUT2D eigenvalue weighted by atomic mass is 10.1. The van der Waals surface area contributed by atoms with E-state index in [1.54, 1.807) is 4.57 Å². The SMILES string of the molecule is O=c1sc2ccccc2n1CC(O)c1ccccc1. The van der Waals surface area contributed by atoms with Crippen LogP contribution < -0.4 is 4.87 Å². The monoisotopic (exact) mass is 271 g/mol. The zero-order valence-electron chi connectivity index (χ0n) is 10.2. The Kier molecular flexibility index (Phi) is 3.19. The Bertz CT molecular complexity index is 745. The Morgan fingerprint density at radius 3 is 2.53 bits per heavy atom. The van der Waals surface area contributed by atoms with E-state index in [1.165, 1.54) is 11.3 Å². The summed E-state index contributed by atoms with van der Waals surface area (Å²) in [7, 11) is 0. The van der Waals surface area contributed by atoms with Crippen molar-refractivity contribution in [3.05, 3.63) is 69.8 Å². The molecular weight excluding hydrogens is 258 g/mol. The largest absolute Gasteiger partial charge is 0.387 e. The number of rotatable bonds is 3. The molecule has 1 atom stereocenters. The Balaban J connectivity index is 1.98. The fourth-order valence-electron chi connectivity index (χ4n) is 2.14. The second kappa shape index (κ2) is 4.99. The molecule has 0 spiro atoms. The number of para-hydroxylation sites is 1. The normalized spacial score (nSPS) is 12.7. The highest BCUT2D eigenvalue weighted by Gasteiger charge is 2.12. The second-order valence-corrected chi connectivity index (χ2v) is 5.37. The molecule has 1 heterocycles. The summed E-state index contributed by atoms with van der Waals surface area (Å²) < 4.78 is 2.59. The average molecular weight is 271 g/mol. The minimum Gasteiger partial charge on any atom is -0.387 e. The van der Waals surface area contributed by atoms with E-state index in [1.807, 2.05) is 54.6 Å². The summed E-state index contributed by atoms with van der Waals surface area (Å²) in [6, 6.07) is 17.0. The highest BCUT2D eigenvalue weighted by Crippen LogP contribution is 2.20. The van der Waals surface area contributed by atoms with Crippen LogP contribution in [0.25, 0.3) is 10.2 Å². The smallest absolute Gasteiger partial charge is 0.308 e. The minimum atomic E-state index is -0.670. The molecule has 0 aliphatic rings. The second-order valence-electron chi connectivity index (χ2n) is 4.37. The summed E-state index contributed by atoms with van der Waals surface area (Å²) in [5, 5.41) is 10.2. The van der Waals surface area contributed by atoms with E-state index < -0.39 is 6.10 Å². The standard InChI is InChI=1S/C15H13NO2S/c17-13(11-6-2-1-3-7-11)10-16-12-8-4-5-9-14(12)19-15(16)18/h1-9,13,17H,10H2. The maximum absolute atomic E-state index is 12.0. The third kappa shape index (κ3) is 2.32. The zero-order chi connectivity index (χ0) is 13.2. The molecular formula is C15H13NO2S. The first-order chi connectivity index (χ1) is 9.25. The highest BCUT2D eigenvalue weighted by atomic mass is 32.1. The number of hydrogen-bond acceptors (Lipinski definition) is 3. The summed E-state index contributed by atoms with van der Waals surface area (Å²) in [5.74, 6) is 0. The van der Waals surface area contributed by atoms with Gasteiger partial charge in [0.25, 0.3) is 0 Å². The van der Waals surface area contributed by atoms with Crippen LogP contribution in [0.2, 0.25) is 0 Å². The lowest BCUT2D eigenvalue weighted by molar-refractivity contribution is 0.157. The van der Waals surface area contributed by atoms with Crippen LogP contribution in [-0.4, -0.2) is 9.67 Å². The molecule has 4 heteroatoms. The number of benzene rings is 2. The number of fused-ring (bicyclic) bond motifs is 1. The first-order valence-corrected chi connectivity index (χ1v) is 6.89. The number of nitrogens with zero attached hydrogens (tertiary/aromatic N) is 1. The van der Waals surface area contributed by atoms with Crippen LogP contribution in [0, 0.1) is 0 Å². The Morgan fingerprint density at radius 2 is 1.74 bits per heavy atom. The number of thiazole rings is 1. The molecule has 3 rings (SSSR count). The molecule has 0 bridgehead atoms. The van der Waals surface area contributed by atoms with Crippen molar-refractivity contribution in [2.45, 2.75) is 12.6 Å². The van der Waals surface area contributed by atoms with Crippen molar-refractivity contribution in [1.29, 1.82) is 0 Å². The van der Waals surface area contributed by atoms with Gasteiger partial charge in [-0.15, -0.1) is 0 Å². The van der Waals surface area contributed by atoms with Gasteiger partial charge < -0.3 is 5.11 Å². The summed E-state index contributed by atoms with van der Waals surface area (Å²) in [5.41, 5.74) is 1.71. The van der Waals surface area contributed by atoms with Crippen molar-refractivity contribution >= 4 is 21.6 Å². The van der Waals surface area contributed by atoms with Crippen molar-refractivity contribution < 1.29 is 5.11 Å². The van der Waals surface area contributed by atoms with Crippen molar-refractivity contribution in [2.75, 3.05) is 0 Å². The molecule has 0 amide bonds. The Morgan fingerprint density at radius 1 is 1.05 bits per heavy atom. The predicted molar refractivity (Wildman–Crippen MR) is 77.5 cm³/mol. The number of aliphatic hydroxyl groups excluding tert-OH is 1. The van der Waals surface area contributed by atoms with Gasteiger partial charge >= 0.3 is 4.87 Å². The van der Waals surface area contributed by atoms with E-state index in [4.69, 9.17) is 0 Å². The molecule has 2 aromatic carbocycles. The third-order valence-corrected chi connectivity index (χ3v) is 4.07. The Hall–Kier alpha value is -1.91. The van der Waals surface area contributed by atoms with Crippen molar-refractivity contribution in [3.8, 4) is 0 Å². The van der Waals surface area contributed by atoms with Crippen molar-refractivity contribution in [1.82, 2.24) is 4.57 Å². The van der Waals surface area contributed by atoms with Crippen molar-refractivity contribution in [3.63, 3.8) is 0 Å². The number of hydrogen-bond donors (Lipinski definition) is 1. The quantitative estimate of drug-likeness (QED) is 0.796. The highest BCUT2D eigenvalue weighted by molar-refractivity contribution is 7.16. The zero-order valence-corrected chi connectivity index (χ0v) is 11.0. The molecule has 1 N–H and O–H groups in total. The van der Waals surface area contributed by atoms with Crippen LogP contribution in [0.3, 0.4) is 0 Å². The summed E-state index contributed by atoms with van der Waals surface area (Å²) >= 11 is 1.21. The van der Waals surface area contributed by atoms with E-state index in [2.05, 4.69) is 0 Å². The predicted octanol–water partition coefficient (Wildman–Crippen LogP) is 2.80. The molecule has 1 aromatic heterocycles. The summed E-state index contributed by atoms with van der Waals surface area (Å²) in [6.07, 6.45) is -0.670. The summed E-state index contributed by atoms with van der Waals surface area (Å²) in [6.45, 7) is 0.285. The van der Waals surface area contributed by atoms with Crippen LogP contribution in [-0.2, 0) is 6.54 Å². The van der Waals surface area contributed by atoms with Crippen LogP contribution in [0.4, 0.5) is 0 Å². The first-order valence-electron chi connectivity index (χ1n) is 6.07. The number of aliphatic hydroxyl groups is 1. The fraction of sp³-hybridized carbons (Fsp3) is 0.133. The topological polar surface area (TPSA) is 42.2 Å². The van der Waals surface area contributed by atoms with Gasteiger partial charge in [-0.25, -0.2) is 0 Å². The van der Waals surface area contributed by atoms with Gasteiger partial charge in [0.1, 0.15) is 0 Å². The molecule has 0 fully saturated rings. The van der Waals surface area contributed by atoms with Gasteiger partial charge in [0.05, 0.1) is 22.9 Å². The van der Waals surface area contributed by atoms with Gasteiger partial charge in [-0.2, -0.15) is 0 Å². The minimum absolute atomic E-state index is 0.0313. The van der Waals surface area contributed by atoms with Gasteiger partial charge in [0.2, 0.25) is 0 Å². The molecule has 19 heavy (non-hydrogen) atoms. The van der Waals surface area contributed by atoms with Crippen LogP contribution >= 0.6 is 11.3 Å². The maximum atomic E-state index is 12.0. The molecule has 0 saturated carbocycles. The van der Waals surface area contributed by atoms with Gasteiger partial charge in [0, 0.05) is 0 Å². The van der Waals surface area contributed by atoms with Gasteiger partial charge in [0.15, 0.2) is 0 Å².